The van der Waals surface area contributed by atoms with Crippen LogP contribution >= 0.6 is 0 Å². The number of nitrogens with one attached hydrogen (secondary N) is 1. The Morgan fingerprint density at radius 3 is 2.41 bits per heavy atom. The Labute approximate surface area is 102 Å². The number of phenolic OH excluding ortho intramolecular Hbond substituents is 1. The van der Waals surface area contributed by atoms with E-state index in [1.807, 2.05) is 12.1 Å². The quantitative estimate of drug-likeness (QED) is 0.776. The fourth-order valence-corrected chi connectivity index (χ4v) is 1.89. The van der Waals surface area contributed by atoms with Gasteiger partial charge in [0.2, 0.25) is 0 Å². The van der Waals surface area contributed by atoms with Crippen LogP contribution in [0.4, 0.5) is 11.4 Å². The Morgan fingerprint density at radius 1 is 1.06 bits per heavy atom. The maximum atomic E-state index is 9.25. The summed E-state index contributed by atoms with van der Waals surface area (Å²) in [5, 5.41) is 12.7. The van der Waals surface area contributed by atoms with Crippen molar-refractivity contribution in [2.24, 2.45) is 0 Å². The average Bonchev–Trinajstić information content (AvgIpc) is 2.34. The van der Waals surface area contributed by atoms with E-state index in [9.17, 15) is 5.11 Å². The normalized spacial score (nSPS) is 10.2. The Kier molecular flexibility index (Phi) is 3.33. The minimum atomic E-state index is 0.288. The zero-order chi connectivity index (χ0) is 12.3. The molecule has 2 aromatic rings. The highest BCUT2D eigenvalue weighted by atomic mass is 16.3. The molecule has 0 heterocycles. The van der Waals surface area contributed by atoms with Crippen LogP contribution in [0.5, 0.6) is 5.75 Å². The molecular weight excluding hydrogens is 210 g/mol. The fraction of sp³-hybridized carbons (Fsp3) is 0.200. The number of hydrogen-bond donors (Lipinski definition) is 2. The molecule has 0 fully saturated rings. The summed E-state index contributed by atoms with van der Waals surface area (Å²) in [6.45, 7) is 4.25. The number of phenols is 1. The van der Waals surface area contributed by atoms with E-state index in [1.165, 1.54) is 16.8 Å². The molecule has 88 valence electrons. The lowest BCUT2D eigenvalue weighted by Crippen LogP contribution is -1.97. The van der Waals surface area contributed by atoms with Crippen molar-refractivity contribution in [2.45, 2.75) is 20.3 Å². The molecule has 2 rings (SSSR count). The smallest absolute Gasteiger partial charge is 0.115 e. The molecule has 0 spiro atoms. The van der Waals surface area contributed by atoms with E-state index in [1.54, 1.807) is 12.1 Å². The number of aryl methyl sites for hydroxylation is 2. The van der Waals surface area contributed by atoms with E-state index in [4.69, 9.17) is 0 Å². The summed E-state index contributed by atoms with van der Waals surface area (Å²) in [7, 11) is 0. The summed E-state index contributed by atoms with van der Waals surface area (Å²) in [4.78, 5) is 0. The molecule has 0 saturated heterocycles. The lowest BCUT2D eigenvalue weighted by Gasteiger charge is -2.14. The molecule has 0 aliphatic rings. The van der Waals surface area contributed by atoms with Crippen LogP contribution in [0.2, 0.25) is 0 Å². The summed E-state index contributed by atoms with van der Waals surface area (Å²) in [6.07, 6.45) is 1.00. The van der Waals surface area contributed by atoms with E-state index >= 15 is 0 Å². The minimum absolute atomic E-state index is 0.288. The minimum Gasteiger partial charge on any atom is -0.508 e. The van der Waals surface area contributed by atoms with Gasteiger partial charge in [-0.2, -0.15) is 0 Å². The molecule has 0 aliphatic carbocycles. The summed E-state index contributed by atoms with van der Waals surface area (Å²) in [6, 6.07) is 13.4. The van der Waals surface area contributed by atoms with Crippen LogP contribution in [0.15, 0.2) is 42.5 Å². The third kappa shape index (κ3) is 2.59. The summed E-state index contributed by atoms with van der Waals surface area (Å²) in [5.41, 5.74) is 4.70. The van der Waals surface area contributed by atoms with Crippen LogP contribution in [0.3, 0.4) is 0 Å². The number of aromatic hydroxyl groups is 1. The molecule has 2 N–H and O–H groups in total. The van der Waals surface area contributed by atoms with Crippen molar-refractivity contribution in [1.29, 1.82) is 0 Å². The highest BCUT2D eigenvalue weighted by Gasteiger charge is 2.04. The third-order valence-corrected chi connectivity index (χ3v) is 2.88. The summed E-state index contributed by atoms with van der Waals surface area (Å²) < 4.78 is 0. The number of benzene rings is 2. The van der Waals surface area contributed by atoms with Crippen LogP contribution in [0.1, 0.15) is 18.1 Å². The second kappa shape index (κ2) is 4.91. The first-order valence-corrected chi connectivity index (χ1v) is 5.85. The molecule has 0 radical (unpaired) electrons. The van der Waals surface area contributed by atoms with E-state index in [2.05, 4.69) is 37.4 Å². The standard InChI is InChI=1S/C15H17NO/c1-3-12-6-4-5-11(2)15(12)16-13-7-9-14(17)10-8-13/h4-10,16-17H,3H2,1-2H3. The zero-order valence-corrected chi connectivity index (χ0v) is 10.2. The largest absolute Gasteiger partial charge is 0.508 e. The zero-order valence-electron chi connectivity index (χ0n) is 10.2. The van der Waals surface area contributed by atoms with Gasteiger partial charge in [0, 0.05) is 11.4 Å². The average molecular weight is 227 g/mol. The Balaban J connectivity index is 2.32. The van der Waals surface area contributed by atoms with E-state index in [-0.39, 0.29) is 5.75 Å². The van der Waals surface area contributed by atoms with Crippen LogP contribution in [-0.2, 0) is 6.42 Å². The number of rotatable bonds is 3. The van der Waals surface area contributed by atoms with E-state index in [0.717, 1.165) is 12.1 Å². The number of anilines is 2. The molecule has 2 nitrogen and oxygen atoms in total. The van der Waals surface area contributed by atoms with Gasteiger partial charge < -0.3 is 10.4 Å². The van der Waals surface area contributed by atoms with Gasteiger partial charge in [-0.1, -0.05) is 25.1 Å². The van der Waals surface area contributed by atoms with Crippen molar-refractivity contribution in [3.8, 4) is 5.75 Å². The highest BCUT2D eigenvalue weighted by molar-refractivity contribution is 5.67. The fourth-order valence-electron chi connectivity index (χ4n) is 1.89. The first kappa shape index (κ1) is 11.5. The van der Waals surface area contributed by atoms with Crippen molar-refractivity contribution in [3.63, 3.8) is 0 Å². The monoisotopic (exact) mass is 227 g/mol. The molecule has 0 saturated carbocycles. The highest BCUT2D eigenvalue weighted by Crippen LogP contribution is 2.26. The van der Waals surface area contributed by atoms with Crippen LogP contribution in [0, 0.1) is 6.92 Å². The van der Waals surface area contributed by atoms with Crippen molar-refractivity contribution < 1.29 is 5.11 Å². The Hall–Kier alpha value is -1.96. The van der Waals surface area contributed by atoms with Crippen LogP contribution in [0.25, 0.3) is 0 Å². The van der Waals surface area contributed by atoms with Gasteiger partial charge in [0.25, 0.3) is 0 Å². The topological polar surface area (TPSA) is 32.3 Å². The van der Waals surface area contributed by atoms with Crippen LogP contribution < -0.4 is 5.32 Å². The third-order valence-electron chi connectivity index (χ3n) is 2.88. The lowest BCUT2D eigenvalue weighted by molar-refractivity contribution is 0.475. The molecule has 17 heavy (non-hydrogen) atoms. The summed E-state index contributed by atoms with van der Waals surface area (Å²) in [5.74, 6) is 0.288. The molecule has 2 heteroatoms. The molecule has 0 aromatic heterocycles. The first-order chi connectivity index (χ1) is 8.20. The maximum absolute atomic E-state index is 9.25. The van der Waals surface area contributed by atoms with Crippen molar-refractivity contribution in [2.75, 3.05) is 5.32 Å². The van der Waals surface area contributed by atoms with Gasteiger partial charge >= 0.3 is 0 Å². The van der Waals surface area contributed by atoms with Crippen LogP contribution in [-0.4, -0.2) is 5.11 Å². The predicted molar refractivity (Wildman–Crippen MR) is 71.9 cm³/mol. The van der Waals surface area contributed by atoms with Gasteiger partial charge in [-0.25, -0.2) is 0 Å². The SMILES string of the molecule is CCc1cccc(C)c1Nc1ccc(O)cc1. The maximum Gasteiger partial charge on any atom is 0.115 e. The van der Waals surface area contributed by atoms with Gasteiger partial charge in [-0.3, -0.25) is 0 Å². The second-order valence-electron chi connectivity index (χ2n) is 4.13. The van der Waals surface area contributed by atoms with Gasteiger partial charge in [-0.05, 0) is 48.7 Å². The molecular formula is C15H17NO. The molecule has 0 unspecified atom stereocenters. The van der Waals surface area contributed by atoms with E-state index < -0.39 is 0 Å². The van der Waals surface area contributed by atoms with Gasteiger partial charge in [0.05, 0.1) is 0 Å². The molecule has 0 amide bonds. The molecule has 2 aromatic carbocycles. The molecule has 0 atom stereocenters. The van der Waals surface area contributed by atoms with Gasteiger partial charge in [0.15, 0.2) is 0 Å². The molecule has 0 bridgehead atoms. The van der Waals surface area contributed by atoms with Gasteiger partial charge in [-0.15, -0.1) is 0 Å². The summed E-state index contributed by atoms with van der Waals surface area (Å²) >= 11 is 0. The first-order valence-electron chi connectivity index (χ1n) is 5.85. The second-order valence-corrected chi connectivity index (χ2v) is 4.13. The van der Waals surface area contributed by atoms with Crippen molar-refractivity contribution in [1.82, 2.24) is 0 Å². The lowest BCUT2D eigenvalue weighted by atomic mass is 10.1. The van der Waals surface area contributed by atoms with E-state index in [0.29, 0.717) is 0 Å². The van der Waals surface area contributed by atoms with Crippen molar-refractivity contribution in [3.05, 3.63) is 53.6 Å². The predicted octanol–water partition coefficient (Wildman–Crippen LogP) is 4.01. The Morgan fingerprint density at radius 2 is 1.76 bits per heavy atom. The molecule has 0 aliphatic heterocycles. The number of para-hydroxylation sites is 1. The van der Waals surface area contributed by atoms with Crippen molar-refractivity contribution >= 4 is 11.4 Å². The van der Waals surface area contributed by atoms with Gasteiger partial charge in [0.1, 0.15) is 5.75 Å². The number of hydrogen-bond acceptors (Lipinski definition) is 2. The Bertz CT molecular complexity index is 503.